The number of hydrogen-bond donors (Lipinski definition) is 2. The van der Waals surface area contributed by atoms with Gasteiger partial charge in [-0.1, -0.05) is 6.42 Å². The molecular formula is C13H15FN2O3S. The molecule has 0 radical (unpaired) electrons. The van der Waals surface area contributed by atoms with Crippen LogP contribution in [0.5, 0.6) is 0 Å². The number of aliphatic hydroxyl groups is 1. The molecule has 0 spiro atoms. The number of sulfonamides is 1. The van der Waals surface area contributed by atoms with Crippen molar-refractivity contribution < 1.29 is 17.9 Å². The normalized spacial score (nSPS) is 22.6. The number of hydrogen-bond acceptors (Lipinski definition) is 4. The second kappa shape index (κ2) is 5.87. The fourth-order valence-corrected chi connectivity index (χ4v) is 3.43. The summed E-state index contributed by atoms with van der Waals surface area (Å²) in [4.78, 5) is -0.150. The summed E-state index contributed by atoms with van der Waals surface area (Å²) in [6, 6.07) is 4.68. The monoisotopic (exact) mass is 298 g/mol. The van der Waals surface area contributed by atoms with E-state index in [1.165, 1.54) is 0 Å². The first-order valence-corrected chi connectivity index (χ1v) is 7.80. The Kier molecular flexibility index (Phi) is 4.38. The summed E-state index contributed by atoms with van der Waals surface area (Å²) in [5.74, 6) is -0.849. The summed E-state index contributed by atoms with van der Waals surface area (Å²) in [6.45, 7) is 0.142. The zero-order chi connectivity index (χ0) is 14.8. The SMILES string of the molecule is N#Cc1cc(S(=O)(=O)NCC2CCCC2O)ccc1F. The standard InChI is InChI=1S/C13H15FN2O3S/c14-12-5-4-11(6-10(12)7-15)20(18,19)16-8-9-2-1-3-13(9)17/h4-6,9,13,16-17H,1-3,8H2. The molecule has 7 heteroatoms. The highest BCUT2D eigenvalue weighted by molar-refractivity contribution is 7.89. The second-order valence-corrected chi connectivity index (χ2v) is 6.63. The third-order valence-corrected chi connectivity index (χ3v) is 4.94. The number of benzene rings is 1. The largest absolute Gasteiger partial charge is 0.393 e. The van der Waals surface area contributed by atoms with Crippen LogP contribution in [0.25, 0.3) is 0 Å². The van der Waals surface area contributed by atoms with E-state index in [9.17, 15) is 17.9 Å². The minimum absolute atomic E-state index is 0.0966. The van der Waals surface area contributed by atoms with Crippen LogP contribution < -0.4 is 4.72 Å². The minimum atomic E-state index is -3.80. The predicted octanol–water partition coefficient (Wildman–Crippen LogP) is 1.14. The molecule has 0 aliphatic heterocycles. The molecule has 2 rings (SSSR count). The van der Waals surface area contributed by atoms with Crippen LogP contribution in [0.15, 0.2) is 23.1 Å². The van der Waals surface area contributed by atoms with Gasteiger partial charge in [0.1, 0.15) is 11.9 Å². The summed E-state index contributed by atoms with van der Waals surface area (Å²) in [7, 11) is -3.80. The van der Waals surface area contributed by atoms with Crippen molar-refractivity contribution in [2.75, 3.05) is 6.54 Å². The van der Waals surface area contributed by atoms with E-state index in [0.717, 1.165) is 31.0 Å². The number of aliphatic hydroxyl groups excluding tert-OH is 1. The zero-order valence-electron chi connectivity index (χ0n) is 10.7. The lowest BCUT2D eigenvalue weighted by atomic mass is 10.1. The van der Waals surface area contributed by atoms with Crippen LogP contribution in [0.2, 0.25) is 0 Å². The molecule has 5 nitrogen and oxygen atoms in total. The van der Waals surface area contributed by atoms with Gasteiger partial charge in [-0.05, 0) is 37.0 Å². The summed E-state index contributed by atoms with van der Waals surface area (Å²) in [6.07, 6.45) is 1.85. The van der Waals surface area contributed by atoms with Crippen molar-refractivity contribution in [1.82, 2.24) is 4.72 Å². The molecule has 2 unspecified atom stereocenters. The minimum Gasteiger partial charge on any atom is -0.393 e. The first-order valence-electron chi connectivity index (χ1n) is 6.31. The molecule has 1 aromatic carbocycles. The molecule has 108 valence electrons. The lowest BCUT2D eigenvalue weighted by Crippen LogP contribution is -2.32. The number of nitriles is 1. The Bertz CT molecular complexity index is 640. The van der Waals surface area contributed by atoms with E-state index in [-0.39, 0.29) is 22.9 Å². The van der Waals surface area contributed by atoms with E-state index in [2.05, 4.69) is 4.72 Å². The molecule has 0 saturated heterocycles. The van der Waals surface area contributed by atoms with E-state index in [1.807, 2.05) is 0 Å². The Morgan fingerprint density at radius 1 is 1.45 bits per heavy atom. The van der Waals surface area contributed by atoms with E-state index in [0.29, 0.717) is 6.42 Å². The molecule has 1 aliphatic carbocycles. The maximum atomic E-state index is 13.2. The van der Waals surface area contributed by atoms with Gasteiger partial charge < -0.3 is 5.11 Å². The van der Waals surface area contributed by atoms with Gasteiger partial charge in [-0.25, -0.2) is 17.5 Å². The van der Waals surface area contributed by atoms with Crippen LogP contribution in [0.1, 0.15) is 24.8 Å². The van der Waals surface area contributed by atoms with Crippen molar-refractivity contribution in [3.8, 4) is 6.07 Å². The van der Waals surface area contributed by atoms with Crippen LogP contribution in [0.3, 0.4) is 0 Å². The molecule has 1 aromatic rings. The van der Waals surface area contributed by atoms with Gasteiger partial charge in [0.15, 0.2) is 0 Å². The van der Waals surface area contributed by atoms with Gasteiger partial charge in [0.05, 0.1) is 16.6 Å². The van der Waals surface area contributed by atoms with E-state index < -0.39 is 21.9 Å². The molecule has 0 heterocycles. The number of halogens is 1. The van der Waals surface area contributed by atoms with E-state index in [4.69, 9.17) is 5.26 Å². The molecule has 2 atom stereocenters. The van der Waals surface area contributed by atoms with Crippen molar-refractivity contribution in [1.29, 1.82) is 5.26 Å². The predicted molar refractivity (Wildman–Crippen MR) is 69.7 cm³/mol. The van der Waals surface area contributed by atoms with Crippen LogP contribution in [0.4, 0.5) is 4.39 Å². The third-order valence-electron chi connectivity index (χ3n) is 3.52. The first kappa shape index (κ1) is 14.9. The highest BCUT2D eigenvalue weighted by Gasteiger charge is 2.27. The Balaban J connectivity index is 2.12. The molecule has 1 fully saturated rings. The average molecular weight is 298 g/mol. The highest BCUT2D eigenvalue weighted by Crippen LogP contribution is 2.25. The Morgan fingerprint density at radius 3 is 2.80 bits per heavy atom. The molecule has 0 amide bonds. The number of nitrogens with one attached hydrogen (secondary N) is 1. The lowest BCUT2D eigenvalue weighted by Gasteiger charge is -2.15. The van der Waals surface area contributed by atoms with E-state index >= 15 is 0 Å². The highest BCUT2D eigenvalue weighted by atomic mass is 32.2. The van der Waals surface area contributed by atoms with Gasteiger partial charge in [0.25, 0.3) is 0 Å². The van der Waals surface area contributed by atoms with Crippen molar-refractivity contribution >= 4 is 10.0 Å². The second-order valence-electron chi connectivity index (χ2n) is 4.86. The molecule has 2 N–H and O–H groups in total. The van der Waals surface area contributed by atoms with Crippen LogP contribution in [-0.2, 0) is 10.0 Å². The van der Waals surface area contributed by atoms with Gasteiger partial charge in [-0.3, -0.25) is 0 Å². The third kappa shape index (κ3) is 3.15. The molecule has 1 saturated carbocycles. The maximum absolute atomic E-state index is 13.2. The van der Waals surface area contributed by atoms with Gasteiger partial charge in [0.2, 0.25) is 10.0 Å². The van der Waals surface area contributed by atoms with Crippen LogP contribution in [-0.4, -0.2) is 26.2 Å². The molecular weight excluding hydrogens is 283 g/mol. The summed E-state index contributed by atoms with van der Waals surface area (Å²) < 4.78 is 39.7. The first-order chi connectivity index (χ1) is 9.44. The topological polar surface area (TPSA) is 90.2 Å². The van der Waals surface area contributed by atoms with Gasteiger partial charge in [-0.2, -0.15) is 5.26 Å². The molecule has 1 aliphatic rings. The summed E-state index contributed by atoms with van der Waals surface area (Å²) >= 11 is 0. The fraction of sp³-hybridized carbons (Fsp3) is 0.462. The Hall–Kier alpha value is -1.49. The van der Waals surface area contributed by atoms with Crippen LogP contribution in [0, 0.1) is 23.1 Å². The summed E-state index contributed by atoms with van der Waals surface area (Å²) in [5.41, 5.74) is -0.311. The smallest absolute Gasteiger partial charge is 0.240 e. The van der Waals surface area contributed by atoms with Gasteiger partial charge >= 0.3 is 0 Å². The molecule has 0 aromatic heterocycles. The van der Waals surface area contributed by atoms with Crippen molar-refractivity contribution in [2.45, 2.75) is 30.3 Å². The van der Waals surface area contributed by atoms with E-state index in [1.54, 1.807) is 6.07 Å². The Labute approximate surface area is 117 Å². The average Bonchev–Trinajstić information content (AvgIpc) is 2.82. The lowest BCUT2D eigenvalue weighted by molar-refractivity contribution is 0.134. The maximum Gasteiger partial charge on any atom is 0.240 e. The molecule has 20 heavy (non-hydrogen) atoms. The number of nitrogens with zero attached hydrogens (tertiary/aromatic N) is 1. The number of rotatable bonds is 4. The van der Waals surface area contributed by atoms with Gasteiger partial charge in [0, 0.05) is 6.54 Å². The quantitative estimate of drug-likeness (QED) is 0.872. The van der Waals surface area contributed by atoms with Crippen molar-refractivity contribution in [3.05, 3.63) is 29.6 Å². The van der Waals surface area contributed by atoms with Gasteiger partial charge in [-0.15, -0.1) is 0 Å². The van der Waals surface area contributed by atoms with Crippen LogP contribution >= 0.6 is 0 Å². The van der Waals surface area contributed by atoms with Crippen molar-refractivity contribution in [2.24, 2.45) is 5.92 Å². The molecule has 0 bridgehead atoms. The Morgan fingerprint density at radius 2 is 2.20 bits per heavy atom. The van der Waals surface area contributed by atoms with Crippen molar-refractivity contribution in [3.63, 3.8) is 0 Å². The summed E-state index contributed by atoms with van der Waals surface area (Å²) in [5, 5.41) is 18.4. The fourth-order valence-electron chi connectivity index (χ4n) is 2.31. The zero-order valence-corrected chi connectivity index (χ0v) is 11.5.